The van der Waals surface area contributed by atoms with E-state index in [1.165, 1.54) is 23.1 Å². The fraction of sp³-hybridized carbons (Fsp3) is 0.0769. The number of nitrogens with two attached hydrogens (primary N) is 1. The molecule has 7 heteroatoms. The Morgan fingerprint density at radius 1 is 1.45 bits per heavy atom. The zero-order valence-corrected chi connectivity index (χ0v) is 12.9. The summed E-state index contributed by atoms with van der Waals surface area (Å²) in [7, 11) is 0. The van der Waals surface area contributed by atoms with E-state index >= 15 is 0 Å². The maximum atomic E-state index is 11.9. The molecular weight excluding hydrogens is 316 g/mol. The number of thioether (sulfide) groups is 1. The van der Waals surface area contributed by atoms with Crippen LogP contribution in [0.4, 0.5) is 0 Å². The first-order valence-corrected chi connectivity index (χ1v) is 8.02. The van der Waals surface area contributed by atoms with Crippen molar-refractivity contribution < 1.29 is 9.63 Å². The van der Waals surface area contributed by atoms with E-state index in [0.29, 0.717) is 5.02 Å². The average molecular weight is 327 g/mol. The minimum Gasteiger partial charge on any atom is -0.380 e. The molecule has 4 nitrogen and oxygen atoms in total. The van der Waals surface area contributed by atoms with Gasteiger partial charge in [0.25, 0.3) is 0 Å². The number of nitrogens with zero attached hydrogens (tertiary/aromatic N) is 1. The number of halogens is 1. The lowest BCUT2D eigenvalue weighted by Crippen LogP contribution is -2.13. The van der Waals surface area contributed by atoms with Gasteiger partial charge < -0.3 is 10.6 Å². The topological polar surface area (TPSA) is 64.7 Å². The molecule has 0 fully saturated rings. The molecule has 2 N–H and O–H groups in total. The summed E-state index contributed by atoms with van der Waals surface area (Å²) in [5.41, 5.74) is 5.97. The second kappa shape index (κ2) is 6.78. The fourth-order valence-electron chi connectivity index (χ4n) is 1.40. The van der Waals surface area contributed by atoms with E-state index in [2.05, 4.69) is 5.16 Å². The summed E-state index contributed by atoms with van der Waals surface area (Å²) >= 11 is 8.89. The van der Waals surface area contributed by atoms with Gasteiger partial charge in [0.2, 0.25) is 0 Å². The highest BCUT2D eigenvalue weighted by Gasteiger charge is 2.13. The zero-order chi connectivity index (χ0) is 14.5. The molecule has 1 aromatic carbocycles. The minimum absolute atomic E-state index is 0.158. The molecule has 0 radical (unpaired) electrons. The van der Waals surface area contributed by atoms with E-state index < -0.39 is 5.97 Å². The zero-order valence-electron chi connectivity index (χ0n) is 10.5. The van der Waals surface area contributed by atoms with Gasteiger partial charge in [-0.25, -0.2) is 4.79 Å². The van der Waals surface area contributed by atoms with Crippen molar-refractivity contribution in [3.05, 3.63) is 51.2 Å². The largest absolute Gasteiger partial charge is 0.380 e. The predicted octanol–water partition coefficient (Wildman–Crippen LogP) is 3.60. The summed E-state index contributed by atoms with van der Waals surface area (Å²) in [6.07, 6.45) is 1.91. The van der Waals surface area contributed by atoms with Crippen LogP contribution in [0.2, 0.25) is 5.02 Å². The fourth-order valence-corrected chi connectivity index (χ4v) is 2.65. The molecule has 0 saturated heterocycles. The number of carbonyl (C=O) groups excluding carboxylic acids is 1. The van der Waals surface area contributed by atoms with Gasteiger partial charge >= 0.3 is 5.97 Å². The number of hydrogen-bond donors (Lipinski definition) is 1. The SMILES string of the molecule is CSc1ccc(Cl)c(C(=O)O/N=C(\N)c2cccs2)c1. The van der Waals surface area contributed by atoms with Crippen molar-refractivity contribution in [1.29, 1.82) is 0 Å². The summed E-state index contributed by atoms with van der Waals surface area (Å²) in [6, 6.07) is 8.76. The number of hydrogen-bond acceptors (Lipinski definition) is 5. The number of oxime groups is 1. The molecule has 0 saturated carbocycles. The molecule has 20 heavy (non-hydrogen) atoms. The van der Waals surface area contributed by atoms with Crippen LogP contribution in [0.25, 0.3) is 0 Å². The molecule has 0 bridgehead atoms. The van der Waals surface area contributed by atoms with Gasteiger partial charge in [-0.2, -0.15) is 0 Å². The van der Waals surface area contributed by atoms with Crippen LogP contribution in [0.15, 0.2) is 45.8 Å². The predicted molar refractivity (Wildman–Crippen MR) is 83.7 cm³/mol. The molecule has 0 atom stereocenters. The highest BCUT2D eigenvalue weighted by molar-refractivity contribution is 7.98. The van der Waals surface area contributed by atoms with Crippen LogP contribution in [-0.2, 0) is 4.84 Å². The molecule has 0 unspecified atom stereocenters. The maximum absolute atomic E-state index is 11.9. The molecule has 2 aromatic rings. The van der Waals surface area contributed by atoms with Crippen LogP contribution in [0.5, 0.6) is 0 Å². The van der Waals surface area contributed by atoms with E-state index in [1.54, 1.807) is 18.2 Å². The molecule has 0 spiro atoms. The Kier molecular flexibility index (Phi) is 5.05. The number of rotatable bonds is 4. The molecule has 2 rings (SSSR count). The minimum atomic E-state index is -0.634. The molecule has 1 heterocycles. The van der Waals surface area contributed by atoms with Gasteiger partial charge in [-0.1, -0.05) is 22.8 Å². The van der Waals surface area contributed by atoms with E-state index in [0.717, 1.165) is 9.77 Å². The average Bonchev–Trinajstić information content (AvgIpc) is 2.99. The van der Waals surface area contributed by atoms with Crippen LogP contribution in [0.1, 0.15) is 15.2 Å². The van der Waals surface area contributed by atoms with Crippen molar-refractivity contribution >= 4 is 46.5 Å². The summed E-state index contributed by atoms with van der Waals surface area (Å²) in [5, 5.41) is 5.81. The summed E-state index contributed by atoms with van der Waals surface area (Å²) < 4.78 is 0. The maximum Gasteiger partial charge on any atom is 0.367 e. The molecule has 0 aliphatic rings. The lowest BCUT2D eigenvalue weighted by atomic mass is 10.2. The van der Waals surface area contributed by atoms with Crippen LogP contribution in [0, 0.1) is 0 Å². The third-order valence-corrected chi connectivity index (χ3v) is 4.34. The smallest absolute Gasteiger partial charge is 0.367 e. The molecule has 0 aliphatic heterocycles. The molecule has 1 aromatic heterocycles. The second-order valence-corrected chi connectivity index (χ2v) is 5.91. The molecule has 0 aliphatic carbocycles. The summed E-state index contributed by atoms with van der Waals surface area (Å²) in [5.74, 6) is -0.476. The quantitative estimate of drug-likeness (QED) is 0.306. The number of amidine groups is 1. The monoisotopic (exact) mass is 326 g/mol. The lowest BCUT2D eigenvalue weighted by Gasteiger charge is -2.04. The molecule has 104 valence electrons. The van der Waals surface area contributed by atoms with E-state index in [-0.39, 0.29) is 11.4 Å². The van der Waals surface area contributed by atoms with Gasteiger partial charge in [-0.15, -0.1) is 23.1 Å². The van der Waals surface area contributed by atoms with Crippen molar-refractivity contribution in [2.45, 2.75) is 4.90 Å². The van der Waals surface area contributed by atoms with Crippen molar-refractivity contribution in [2.75, 3.05) is 6.26 Å². The first-order chi connectivity index (χ1) is 9.61. The van der Waals surface area contributed by atoms with Crippen LogP contribution < -0.4 is 5.73 Å². The van der Waals surface area contributed by atoms with Gasteiger partial charge in [0.05, 0.1) is 15.5 Å². The number of carbonyl (C=O) groups is 1. The highest BCUT2D eigenvalue weighted by Crippen LogP contribution is 2.23. The van der Waals surface area contributed by atoms with Crippen molar-refractivity contribution in [3.8, 4) is 0 Å². The number of benzene rings is 1. The summed E-state index contributed by atoms with van der Waals surface area (Å²) in [6.45, 7) is 0. The van der Waals surface area contributed by atoms with Gasteiger partial charge in [0, 0.05) is 4.90 Å². The standard InChI is InChI=1S/C13H11ClN2O2S2/c1-19-8-4-5-10(14)9(7-8)13(17)18-16-12(15)11-3-2-6-20-11/h2-7H,1H3,(H2,15,16). The number of thiophene rings is 1. The first-order valence-electron chi connectivity index (χ1n) is 5.54. The highest BCUT2D eigenvalue weighted by atomic mass is 35.5. The van der Waals surface area contributed by atoms with Crippen LogP contribution >= 0.6 is 34.7 Å². The van der Waals surface area contributed by atoms with Crippen molar-refractivity contribution in [2.24, 2.45) is 10.9 Å². The molecular formula is C13H11ClN2O2S2. The normalized spacial score (nSPS) is 11.4. The molecule has 0 amide bonds. The van der Waals surface area contributed by atoms with Crippen molar-refractivity contribution in [3.63, 3.8) is 0 Å². The Hall–Kier alpha value is -1.50. The van der Waals surface area contributed by atoms with Gasteiger partial charge in [0.15, 0.2) is 5.84 Å². The summed E-state index contributed by atoms with van der Waals surface area (Å²) in [4.78, 5) is 18.4. The Morgan fingerprint density at radius 2 is 2.25 bits per heavy atom. The van der Waals surface area contributed by atoms with Gasteiger partial charge in [0.1, 0.15) is 0 Å². The van der Waals surface area contributed by atoms with Gasteiger partial charge in [-0.3, -0.25) is 0 Å². The lowest BCUT2D eigenvalue weighted by molar-refractivity contribution is 0.0516. The van der Waals surface area contributed by atoms with Crippen LogP contribution in [-0.4, -0.2) is 18.1 Å². The van der Waals surface area contributed by atoms with E-state index in [1.807, 2.05) is 23.8 Å². The van der Waals surface area contributed by atoms with Crippen molar-refractivity contribution in [1.82, 2.24) is 0 Å². The Bertz CT molecular complexity index is 642. The third-order valence-electron chi connectivity index (χ3n) is 2.39. The van der Waals surface area contributed by atoms with Crippen LogP contribution in [0.3, 0.4) is 0 Å². The van der Waals surface area contributed by atoms with E-state index in [4.69, 9.17) is 22.2 Å². The van der Waals surface area contributed by atoms with Gasteiger partial charge in [-0.05, 0) is 35.9 Å². The third kappa shape index (κ3) is 3.53. The Labute approximate surface area is 129 Å². The Morgan fingerprint density at radius 3 is 2.90 bits per heavy atom. The second-order valence-electron chi connectivity index (χ2n) is 3.68. The van der Waals surface area contributed by atoms with E-state index in [9.17, 15) is 4.79 Å². The first kappa shape index (κ1) is 14.9. The Balaban J connectivity index is 2.14.